The SMILES string of the molecule is CCOC1CC(c2nc(-c3ccc4[nH]ccc4c3)no2)C1. The van der Waals surface area contributed by atoms with Crippen molar-refractivity contribution in [2.45, 2.75) is 31.8 Å². The molecule has 1 aliphatic carbocycles. The molecule has 1 aliphatic rings. The summed E-state index contributed by atoms with van der Waals surface area (Å²) in [6.45, 7) is 2.79. The number of aromatic amines is 1. The van der Waals surface area contributed by atoms with Gasteiger partial charge in [0.05, 0.1) is 6.10 Å². The van der Waals surface area contributed by atoms with Gasteiger partial charge in [-0.3, -0.25) is 0 Å². The van der Waals surface area contributed by atoms with Crippen LogP contribution in [0.15, 0.2) is 35.0 Å². The highest BCUT2D eigenvalue weighted by Crippen LogP contribution is 2.38. The highest BCUT2D eigenvalue weighted by molar-refractivity contribution is 5.83. The number of nitrogens with zero attached hydrogens (tertiary/aromatic N) is 2. The molecule has 5 nitrogen and oxygen atoms in total. The summed E-state index contributed by atoms with van der Waals surface area (Å²) in [6, 6.07) is 8.16. The van der Waals surface area contributed by atoms with Crippen molar-refractivity contribution in [3.05, 3.63) is 36.4 Å². The first-order valence-electron chi connectivity index (χ1n) is 7.36. The van der Waals surface area contributed by atoms with Crippen LogP contribution < -0.4 is 0 Å². The Hall–Kier alpha value is -2.14. The van der Waals surface area contributed by atoms with E-state index in [1.54, 1.807) is 0 Å². The first kappa shape index (κ1) is 12.6. The van der Waals surface area contributed by atoms with Crippen molar-refractivity contribution in [2.75, 3.05) is 6.61 Å². The van der Waals surface area contributed by atoms with E-state index in [4.69, 9.17) is 9.26 Å². The van der Waals surface area contributed by atoms with E-state index >= 15 is 0 Å². The van der Waals surface area contributed by atoms with Crippen molar-refractivity contribution < 1.29 is 9.26 Å². The zero-order chi connectivity index (χ0) is 14.2. The Balaban J connectivity index is 1.54. The van der Waals surface area contributed by atoms with Crippen LogP contribution in [0, 0.1) is 0 Å². The van der Waals surface area contributed by atoms with Gasteiger partial charge in [-0.25, -0.2) is 0 Å². The van der Waals surface area contributed by atoms with Crippen LogP contribution in [-0.4, -0.2) is 27.8 Å². The average molecular weight is 283 g/mol. The maximum absolute atomic E-state index is 5.57. The molecule has 0 aliphatic heterocycles. The second-order valence-corrected chi connectivity index (χ2v) is 5.48. The highest BCUT2D eigenvalue weighted by Gasteiger charge is 2.34. The minimum absolute atomic E-state index is 0.346. The van der Waals surface area contributed by atoms with Crippen molar-refractivity contribution >= 4 is 10.9 Å². The van der Waals surface area contributed by atoms with Gasteiger partial charge in [0, 0.05) is 35.2 Å². The molecule has 1 fully saturated rings. The highest BCUT2D eigenvalue weighted by atomic mass is 16.5. The van der Waals surface area contributed by atoms with Gasteiger partial charge >= 0.3 is 0 Å². The van der Waals surface area contributed by atoms with Crippen LogP contribution in [0.4, 0.5) is 0 Å². The summed E-state index contributed by atoms with van der Waals surface area (Å²) in [6.07, 6.45) is 4.24. The van der Waals surface area contributed by atoms with Gasteiger partial charge in [0.15, 0.2) is 0 Å². The van der Waals surface area contributed by atoms with E-state index < -0.39 is 0 Å². The lowest BCUT2D eigenvalue weighted by Crippen LogP contribution is -2.29. The standard InChI is InChI=1S/C16H17N3O2/c1-2-20-13-8-12(9-13)16-18-15(19-21-16)11-3-4-14-10(7-11)5-6-17-14/h3-7,12-13,17H,2,8-9H2,1H3. The van der Waals surface area contributed by atoms with Crippen LogP contribution in [-0.2, 0) is 4.74 Å². The van der Waals surface area contributed by atoms with Gasteiger partial charge in [-0.15, -0.1) is 0 Å². The number of fused-ring (bicyclic) bond motifs is 1. The molecule has 2 heterocycles. The summed E-state index contributed by atoms with van der Waals surface area (Å²) in [5.74, 6) is 1.74. The van der Waals surface area contributed by atoms with Gasteiger partial charge in [0.2, 0.25) is 11.7 Å². The third-order valence-electron chi connectivity index (χ3n) is 4.10. The Kier molecular flexibility index (Phi) is 3.00. The van der Waals surface area contributed by atoms with E-state index in [2.05, 4.69) is 21.2 Å². The van der Waals surface area contributed by atoms with E-state index in [1.165, 1.54) is 0 Å². The molecular weight excluding hydrogens is 266 g/mol. The van der Waals surface area contributed by atoms with Crippen LogP contribution >= 0.6 is 0 Å². The van der Waals surface area contributed by atoms with Crippen molar-refractivity contribution in [1.29, 1.82) is 0 Å². The summed E-state index contributed by atoms with van der Waals surface area (Å²) in [5.41, 5.74) is 2.10. The van der Waals surface area contributed by atoms with Crippen LogP contribution in [0.1, 0.15) is 31.6 Å². The second-order valence-electron chi connectivity index (χ2n) is 5.48. The lowest BCUT2D eigenvalue weighted by atomic mass is 9.82. The molecule has 3 aromatic rings. The third kappa shape index (κ3) is 2.23. The topological polar surface area (TPSA) is 63.9 Å². The number of aromatic nitrogens is 3. The minimum Gasteiger partial charge on any atom is -0.378 e. The van der Waals surface area contributed by atoms with E-state index in [0.29, 0.717) is 17.8 Å². The summed E-state index contributed by atoms with van der Waals surface area (Å²) in [5, 5.41) is 5.27. The van der Waals surface area contributed by atoms with E-state index in [1.807, 2.05) is 31.3 Å². The molecule has 1 aromatic carbocycles. The minimum atomic E-state index is 0.346. The van der Waals surface area contributed by atoms with Crippen molar-refractivity contribution in [3.8, 4) is 11.4 Å². The predicted molar refractivity (Wildman–Crippen MR) is 79.0 cm³/mol. The van der Waals surface area contributed by atoms with Crippen LogP contribution in [0.25, 0.3) is 22.3 Å². The van der Waals surface area contributed by atoms with E-state index in [9.17, 15) is 0 Å². The van der Waals surface area contributed by atoms with Crippen molar-refractivity contribution in [2.24, 2.45) is 0 Å². The Bertz CT molecular complexity index is 756. The number of H-pyrrole nitrogens is 1. The molecule has 0 amide bonds. The quantitative estimate of drug-likeness (QED) is 0.796. The first-order valence-corrected chi connectivity index (χ1v) is 7.36. The lowest BCUT2D eigenvalue weighted by molar-refractivity contribution is -0.00961. The third-order valence-corrected chi connectivity index (χ3v) is 4.10. The van der Waals surface area contributed by atoms with Gasteiger partial charge in [-0.05, 0) is 44.0 Å². The fraction of sp³-hybridized carbons (Fsp3) is 0.375. The molecule has 0 spiro atoms. The largest absolute Gasteiger partial charge is 0.378 e. The molecule has 0 bridgehead atoms. The Morgan fingerprint density at radius 1 is 1.33 bits per heavy atom. The Morgan fingerprint density at radius 2 is 2.24 bits per heavy atom. The maximum Gasteiger partial charge on any atom is 0.230 e. The monoisotopic (exact) mass is 283 g/mol. The molecule has 21 heavy (non-hydrogen) atoms. The fourth-order valence-electron chi connectivity index (χ4n) is 2.85. The number of ether oxygens (including phenoxy) is 1. The number of hydrogen-bond donors (Lipinski definition) is 1. The molecule has 108 valence electrons. The van der Waals surface area contributed by atoms with Crippen molar-refractivity contribution in [3.63, 3.8) is 0 Å². The lowest BCUT2D eigenvalue weighted by Gasteiger charge is -2.32. The van der Waals surface area contributed by atoms with E-state index in [-0.39, 0.29) is 0 Å². The van der Waals surface area contributed by atoms with Crippen LogP contribution in [0.5, 0.6) is 0 Å². The molecular formula is C16H17N3O2. The summed E-state index contributed by atoms with van der Waals surface area (Å²) < 4.78 is 11.0. The smallest absolute Gasteiger partial charge is 0.230 e. The average Bonchev–Trinajstić information content (AvgIpc) is 3.10. The maximum atomic E-state index is 5.57. The number of nitrogens with one attached hydrogen (secondary N) is 1. The van der Waals surface area contributed by atoms with Crippen LogP contribution in [0.3, 0.4) is 0 Å². The first-order chi connectivity index (χ1) is 10.3. The summed E-state index contributed by atoms with van der Waals surface area (Å²) in [4.78, 5) is 7.72. The summed E-state index contributed by atoms with van der Waals surface area (Å²) in [7, 11) is 0. The molecule has 0 unspecified atom stereocenters. The predicted octanol–water partition coefficient (Wildman–Crippen LogP) is 3.50. The number of benzene rings is 1. The van der Waals surface area contributed by atoms with E-state index in [0.717, 1.165) is 41.8 Å². The van der Waals surface area contributed by atoms with Crippen molar-refractivity contribution in [1.82, 2.24) is 15.1 Å². The zero-order valence-corrected chi connectivity index (χ0v) is 11.9. The van der Waals surface area contributed by atoms with Gasteiger partial charge in [0.1, 0.15) is 0 Å². The zero-order valence-electron chi connectivity index (χ0n) is 11.9. The molecule has 1 N–H and O–H groups in total. The molecule has 0 saturated heterocycles. The van der Waals surface area contributed by atoms with Gasteiger partial charge in [0.25, 0.3) is 0 Å². The normalized spacial score (nSPS) is 21.6. The molecule has 1 saturated carbocycles. The molecule has 4 rings (SSSR count). The Labute approximate surface area is 122 Å². The van der Waals surface area contributed by atoms with Crippen LogP contribution in [0.2, 0.25) is 0 Å². The molecule has 0 radical (unpaired) electrons. The Morgan fingerprint density at radius 3 is 3.10 bits per heavy atom. The number of hydrogen-bond acceptors (Lipinski definition) is 4. The van der Waals surface area contributed by atoms with Gasteiger partial charge in [-0.2, -0.15) is 4.98 Å². The molecule has 0 atom stereocenters. The van der Waals surface area contributed by atoms with Gasteiger partial charge < -0.3 is 14.2 Å². The molecule has 5 heteroatoms. The van der Waals surface area contributed by atoms with Gasteiger partial charge in [-0.1, -0.05) is 5.16 Å². The number of rotatable bonds is 4. The fourth-order valence-corrected chi connectivity index (χ4v) is 2.85. The molecule has 2 aromatic heterocycles. The second kappa shape index (κ2) is 5.00. The summed E-state index contributed by atoms with van der Waals surface area (Å²) >= 11 is 0.